The number of nitrogens with one attached hydrogen (secondary N) is 1. The summed E-state index contributed by atoms with van der Waals surface area (Å²) in [5, 5.41) is 2.26. The predicted molar refractivity (Wildman–Crippen MR) is 99.9 cm³/mol. The Hall–Kier alpha value is -1.49. The molecule has 4 nitrogen and oxygen atoms in total. The minimum absolute atomic E-state index is 0.00977. The number of carbonyl (C=O) groups is 2. The Morgan fingerprint density at radius 3 is 2.17 bits per heavy atom. The highest BCUT2D eigenvalue weighted by Crippen LogP contribution is 2.25. The molecule has 0 bridgehead atoms. The van der Waals surface area contributed by atoms with Crippen LogP contribution in [0.15, 0.2) is 6.07 Å². The zero-order chi connectivity index (χ0) is 18.8. The molecule has 24 heavy (non-hydrogen) atoms. The number of aryl methyl sites for hydroxylation is 2. The monoisotopic (exact) mass is 351 g/mol. The van der Waals surface area contributed by atoms with Gasteiger partial charge in [-0.1, -0.05) is 6.07 Å². The van der Waals surface area contributed by atoms with Crippen molar-refractivity contribution in [3.63, 3.8) is 0 Å². The van der Waals surface area contributed by atoms with Gasteiger partial charge in [0.15, 0.2) is 5.78 Å². The minimum Gasteiger partial charge on any atom is -0.350 e. The lowest BCUT2D eigenvalue weighted by molar-refractivity contribution is -0.121. The van der Waals surface area contributed by atoms with Crippen LogP contribution in [0.1, 0.15) is 67.2 Å². The van der Waals surface area contributed by atoms with Gasteiger partial charge >= 0.3 is 0 Å². The molecule has 0 heterocycles. The molecule has 0 radical (unpaired) electrons. The average Bonchev–Trinajstić information content (AvgIpc) is 2.39. The zero-order valence-electron chi connectivity index (χ0n) is 16.0. The molecule has 0 saturated heterocycles. The smallest absolute Gasteiger partial charge is 0.235 e. The number of hydrogen-bond acceptors (Lipinski definition) is 3. The van der Waals surface area contributed by atoms with E-state index in [1.165, 1.54) is 0 Å². The molecule has 5 heteroatoms. The fourth-order valence-corrected chi connectivity index (χ4v) is 4.12. The van der Waals surface area contributed by atoms with Crippen LogP contribution in [0.5, 0.6) is 0 Å². The van der Waals surface area contributed by atoms with Gasteiger partial charge in [0.05, 0.1) is 0 Å². The standard InChI is InChI=1S/C19H29NO3S/c1-11-9-12(2)17(14(4)21)13(3)16(11)10-24(23)15(5)18(22)20-19(6,7)8/h9,15H,10H2,1-8H3,(H,20,22)/t15-,24-/m0/s1. The molecule has 134 valence electrons. The molecule has 2 atom stereocenters. The third-order valence-corrected chi connectivity index (χ3v) is 5.61. The van der Waals surface area contributed by atoms with E-state index in [1.807, 2.05) is 47.6 Å². The van der Waals surface area contributed by atoms with Crippen molar-refractivity contribution >= 4 is 22.5 Å². The highest BCUT2D eigenvalue weighted by molar-refractivity contribution is 7.85. The molecular weight excluding hydrogens is 322 g/mol. The van der Waals surface area contributed by atoms with E-state index in [4.69, 9.17) is 0 Å². The first-order valence-electron chi connectivity index (χ1n) is 8.15. The fourth-order valence-electron chi connectivity index (χ4n) is 2.85. The third-order valence-electron chi connectivity index (χ3n) is 4.03. The van der Waals surface area contributed by atoms with Gasteiger partial charge in [0.2, 0.25) is 5.91 Å². The summed E-state index contributed by atoms with van der Waals surface area (Å²) in [6, 6.07) is 1.95. The summed E-state index contributed by atoms with van der Waals surface area (Å²) >= 11 is 0. The molecule has 0 fully saturated rings. The summed E-state index contributed by atoms with van der Waals surface area (Å²) in [6.07, 6.45) is 0. The first-order chi connectivity index (χ1) is 10.8. The van der Waals surface area contributed by atoms with Crippen molar-refractivity contribution in [2.75, 3.05) is 0 Å². The normalized spacial score (nSPS) is 14.2. The molecule has 1 aromatic rings. The van der Waals surface area contributed by atoms with Crippen LogP contribution in [-0.2, 0) is 21.3 Å². The molecule has 0 aromatic heterocycles. The molecular formula is C19H29NO3S. The van der Waals surface area contributed by atoms with E-state index in [2.05, 4.69) is 5.32 Å². The summed E-state index contributed by atoms with van der Waals surface area (Å²) in [7, 11) is -1.35. The van der Waals surface area contributed by atoms with Crippen molar-refractivity contribution in [1.29, 1.82) is 0 Å². The molecule has 1 aromatic carbocycles. The molecule has 1 rings (SSSR count). The van der Waals surface area contributed by atoms with Crippen molar-refractivity contribution in [3.8, 4) is 0 Å². The van der Waals surface area contributed by atoms with E-state index in [1.54, 1.807) is 13.8 Å². The van der Waals surface area contributed by atoms with Gasteiger partial charge in [-0.15, -0.1) is 0 Å². The number of Topliss-reactive ketones (excluding diaryl/α,β-unsaturated/α-hetero) is 1. The predicted octanol–water partition coefficient (Wildman–Crippen LogP) is 3.37. The topological polar surface area (TPSA) is 63.2 Å². The second-order valence-corrected chi connectivity index (χ2v) is 9.21. The van der Waals surface area contributed by atoms with Gasteiger partial charge in [-0.2, -0.15) is 0 Å². The lowest BCUT2D eigenvalue weighted by atomic mass is 9.92. The lowest BCUT2D eigenvalue weighted by Gasteiger charge is -2.23. The van der Waals surface area contributed by atoms with Gasteiger partial charge < -0.3 is 5.32 Å². The SMILES string of the molecule is CC(=O)c1c(C)cc(C)c(C[S@](=O)[C@@H](C)C(=O)NC(C)(C)C)c1C. The molecule has 0 unspecified atom stereocenters. The number of ketones is 1. The first-order valence-corrected chi connectivity index (χ1v) is 9.53. The van der Waals surface area contributed by atoms with Crippen LogP contribution in [-0.4, -0.2) is 26.7 Å². The van der Waals surface area contributed by atoms with Crippen molar-refractivity contribution < 1.29 is 13.8 Å². The van der Waals surface area contributed by atoms with Crippen LogP contribution >= 0.6 is 0 Å². The van der Waals surface area contributed by atoms with Crippen LogP contribution in [0, 0.1) is 20.8 Å². The van der Waals surface area contributed by atoms with Crippen LogP contribution < -0.4 is 5.32 Å². The maximum atomic E-state index is 12.7. The van der Waals surface area contributed by atoms with Crippen LogP contribution in [0.4, 0.5) is 0 Å². The average molecular weight is 352 g/mol. The number of hydrogen-bond donors (Lipinski definition) is 1. The van der Waals surface area contributed by atoms with E-state index < -0.39 is 16.0 Å². The Kier molecular flexibility index (Phi) is 6.51. The van der Waals surface area contributed by atoms with E-state index >= 15 is 0 Å². The van der Waals surface area contributed by atoms with E-state index in [9.17, 15) is 13.8 Å². The summed E-state index contributed by atoms with van der Waals surface area (Å²) in [5.41, 5.74) is 4.06. The molecule has 1 N–H and O–H groups in total. The molecule has 0 saturated carbocycles. The van der Waals surface area contributed by atoms with Crippen molar-refractivity contribution in [1.82, 2.24) is 5.32 Å². The summed E-state index contributed by atoms with van der Waals surface area (Å²) in [6.45, 7) is 14.7. The third kappa shape index (κ3) is 5.00. The molecule has 0 aliphatic carbocycles. The summed E-state index contributed by atoms with van der Waals surface area (Å²) in [5.74, 6) is 0.0716. The number of rotatable bonds is 5. The highest BCUT2D eigenvalue weighted by atomic mass is 32.2. The Morgan fingerprint density at radius 2 is 1.71 bits per heavy atom. The first kappa shape index (κ1) is 20.6. The number of amides is 1. The Labute approximate surface area is 147 Å². The maximum absolute atomic E-state index is 12.7. The molecule has 0 spiro atoms. The van der Waals surface area contributed by atoms with Crippen molar-refractivity contribution in [2.24, 2.45) is 0 Å². The van der Waals surface area contributed by atoms with Crippen LogP contribution in [0.25, 0.3) is 0 Å². The van der Waals surface area contributed by atoms with Gasteiger partial charge in [0.25, 0.3) is 0 Å². The highest BCUT2D eigenvalue weighted by Gasteiger charge is 2.25. The van der Waals surface area contributed by atoms with E-state index in [-0.39, 0.29) is 23.0 Å². The lowest BCUT2D eigenvalue weighted by Crippen LogP contribution is -2.46. The van der Waals surface area contributed by atoms with Gasteiger partial charge in [-0.25, -0.2) is 0 Å². The second-order valence-electron chi connectivity index (χ2n) is 7.45. The van der Waals surface area contributed by atoms with E-state index in [0.717, 1.165) is 22.3 Å². The summed E-state index contributed by atoms with van der Waals surface area (Å²) in [4.78, 5) is 24.1. The largest absolute Gasteiger partial charge is 0.350 e. The number of carbonyl (C=O) groups excluding carboxylic acids is 2. The Morgan fingerprint density at radius 1 is 1.17 bits per heavy atom. The van der Waals surface area contributed by atoms with Gasteiger partial charge in [0.1, 0.15) is 5.25 Å². The second kappa shape index (κ2) is 7.60. The van der Waals surface area contributed by atoms with E-state index in [0.29, 0.717) is 5.56 Å². The maximum Gasteiger partial charge on any atom is 0.235 e. The van der Waals surface area contributed by atoms with Crippen molar-refractivity contribution in [3.05, 3.63) is 33.9 Å². The van der Waals surface area contributed by atoms with Gasteiger partial charge in [0, 0.05) is 27.7 Å². The quantitative estimate of drug-likeness (QED) is 0.827. The number of benzene rings is 1. The van der Waals surface area contributed by atoms with Crippen LogP contribution in [0.3, 0.4) is 0 Å². The Bertz CT molecular complexity index is 687. The molecule has 0 aliphatic heterocycles. The Balaban J connectivity index is 3.09. The molecule has 1 amide bonds. The zero-order valence-corrected chi connectivity index (χ0v) is 16.8. The van der Waals surface area contributed by atoms with Crippen LogP contribution in [0.2, 0.25) is 0 Å². The minimum atomic E-state index is -1.35. The summed E-state index contributed by atoms with van der Waals surface area (Å²) < 4.78 is 12.7. The van der Waals surface area contributed by atoms with Crippen molar-refractivity contribution in [2.45, 2.75) is 71.9 Å². The fraction of sp³-hybridized carbons (Fsp3) is 0.579. The molecule has 0 aliphatic rings. The van der Waals surface area contributed by atoms with Gasteiger partial charge in [-0.3, -0.25) is 13.8 Å². The van der Waals surface area contributed by atoms with Gasteiger partial charge in [-0.05, 0) is 77.6 Å².